The Labute approximate surface area is 116 Å². The quantitative estimate of drug-likeness (QED) is 0.756. The molecule has 1 heterocycles. The van der Waals surface area contributed by atoms with Crippen LogP contribution in [-0.2, 0) is 6.54 Å². The van der Waals surface area contributed by atoms with Gasteiger partial charge in [-0.1, -0.05) is 26.7 Å². The van der Waals surface area contributed by atoms with Crippen molar-refractivity contribution in [3.05, 3.63) is 17.5 Å². The van der Waals surface area contributed by atoms with Crippen molar-refractivity contribution >= 4 is 5.95 Å². The first-order valence-electron chi connectivity index (χ1n) is 7.52. The molecule has 2 rings (SSSR count). The van der Waals surface area contributed by atoms with Crippen LogP contribution in [0.2, 0.25) is 0 Å². The summed E-state index contributed by atoms with van der Waals surface area (Å²) in [7, 11) is 0. The number of aromatic nitrogens is 2. The fourth-order valence-electron chi connectivity index (χ4n) is 2.11. The summed E-state index contributed by atoms with van der Waals surface area (Å²) in [4.78, 5) is 8.97. The molecule has 1 saturated carbocycles. The lowest BCUT2D eigenvalue weighted by atomic mass is 10.0. The second-order valence-corrected chi connectivity index (χ2v) is 5.52. The van der Waals surface area contributed by atoms with E-state index in [1.807, 2.05) is 6.20 Å². The van der Waals surface area contributed by atoms with Crippen LogP contribution in [-0.4, -0.2) is 22.6 Å². The zero-order valence-electron chi connectivity index (χ0n) is 12.4. The van der Waals surface area contributed by atoms with Gasteiger partial charge in [-0.05, 0) is 25.7 Å². The number of hydrogen-bond donors (Lipinski definition) is 2. The molecule has 4 heteroatoms. The largest absolute Gasteiger partial charge is 0.354 e. The fourth-order valence-corrected chi connectivity index (χ4v) is 2.11. The Bertz CT molecular complexity index is 397. The van der Waals surface area contributed by atoms with Gasteiger partial charge in [0.15, 0.2) is 0 Å². The van der Waals surface area contributed by atoms with Gasteiger partial charge in [-0.2, -0.15) is 0 Å². The number of anilines is 1. The van der Waals surface area contributed by atoms with Gasteiger partial charge in [-0.25, -0.2) is 9.97 Å². The lowest BCUT2D eigenvalue weighted by molar-refractivity contribution is 0.517. The third kappa shape index (κ3) is 4.46. The Kier molecular flexibility index (Phi) is 5.14. The smallest absolute Gasteiger partial charge is 0.222 e. The van der Waals surface area contributed by atoms with Gasteiger partial charge in [0.25, 0.3) is 0 Å². The van der Waals surface area contributed by atoms with Crippen LogP contribution in [0.1, 0.15) is 50.8 Å². The number of rotatable bonds is 8. The molecule has 1 aliphatic carbocycles. The van der Waals surface area contributed by atoms with Crippen LogP contribution in [0.5, 0.6) is 0 Å². The minimum Gasteiger partial charge on any atom is -0.354 e. The Hall–Kier alpha value is -1.16. The van der Waals surface area contributed by atoms with Crippen molar-refractivity contribution in [2.75, 3.05) is 11.9 Å². The molecule has 2 N–H and O–H groups in total. The molecule has 0 atom stereocenters. The van der Waals surface area contributed by atoms with E-state index in [-0.39, 0.29) is 0 Å². The Morgan fingerprint density at radius 1 is 1.32 bits per heavy atom. The summed E-state index contributed by atoms with van der Waals surface area (Å²) in [5.74, 6) is 1.47. The Morgan fingerprint density at radius 2 is 2.05 bits per heavy atom. The highest BCUT2D eigenvalue weighted by atomic mass is 15.1. The summed E-state index contributed by atoms with van der Waals surface area (Å²) < 4.78 is 0. The molecule has 0 amide bonds. The normalized spacial score (nSPS) is 14.9. The van der Waals surface area contributed by atoms with Crippen LogP contribution in [0.15, 0.2) is 6.20 Å². The molecule has 0 spiro atoms. The lowest BCUT2D eigenvalue weighted by Crippen LogP contribution is -2.18. The number of hydrogen-bond acceptors (Lipinski definition) is 4. The number of nitrogens with zero attached hydrogens (tertiary/aromatic N) is 2. The van der Waals surface area contributed by atoms with E-state index in [0.717, 1.165) is 30.8 Å². The molecule has 0 aliphatic heterocycles. The van der Waals surface area contributed by atoms with E-state index in [2.05, 4.69) is 41.4 Å². The highest BCUT2D eigenvalue weighted by Crippen LogP contribution is 2.19. The van der Waals surface area contributed by atoms with Gasteiger partial charge in [0.1, 0.15) is 0 Å². The van der Waals surface area contributed by atoms with E-state index in [1.165, 1.54) is 31.2 Å². The van der Waals surface area contributed by atoms with Crippen LogP contribution < -0.4 is 10.6 Å². The minimum absolute atomic E-state index is 0.708. The van der Waals surface area contributed by atoms with Gasteiger partial charge in [-0.15, -0.1) is 0 Å². The number of aryl methyl sites for hydroxylation is 1. The van der Waals surface area contributed by atoms with Gasteiger partial charge >= 0.3 is 0 Å². The van der Waals surface area contributed by atoms with Crippen LogP contribution in [0.4, 0.5) is 5.95 Å². The van der Waals surface area contributed by atoms with Crippen molar-refractivity contribution in [2.45, 2.75) is 59.0 Å². The predicted molar refractivity (Wildman–Crippen MR) is 79.2 cm³/mol. The van der Waals surface area contributed by atoms with Crippen LogP contribution in [0.3, 0.4) is 0 Å². The monoisotopic (exact) mass is 262 g/mol. The molecular weight excluding hydrogens is 236 g/mol. The molecular formula is C15H26N4. The van der Waals surface area contributed by atoms with Gasteiger partial charge in [-0.3, -0.25) is 0 Å². The molecule has 106 valence electrons. The van der Waals surface area contributed by atoms with Crippen molar-refractivity contribution in [1.82, 2.24) is 15.3 Å². The van der Waals surface area contributed by atoms with E-state index >= 15 is 0 Å². The predicted octanol–water partition coefficient (Wildman–Crippen LogP) is 2.89. The van der Waals surface area contributed by atoms with E-state index in [4.69, 9.17) is 0 Å². The molecule has 19 heavy (non-hydrogen) atoms. The van der Waals surface area contributed by atoms with Crippen molar-refractivity contribution in [3.63, 3.8) is 0 Å². The Balaban J connectivity index is 1.86. The first-order valence-corrected chi connectivity index (χ1v) is 7.52. The maximum absolute atomic E-state index is 4.55. The average molecular weight is 262 g/mol. The summed E-state index contributed by atoms with van der Waals surface area (Å²) in [6, 6.07) is 0.729. The lowest BCUT2D eigenvalue weighted by Gasteiger charge is -2.14. The van der Waals surface area contributed by atoms with Gasteiger partial charge in [0.2, 0.25) is 5.95 Å². The summed E-state index contributed by atoms with van der Waals surface area (Å²) in [6.45, 7) is 8.38. The minimum atomic E-state index is 0.708. The van der Waals surface area contributed by atoms with E-state index < -0.39 is 0 Å². The van der Waals surface area contributed by atoms with Gasteiger partial charge in [0, 0.05) is 36.6 Å². The van der Waals surface area contributed by atoms with Crippen LogP contribution in [0, 0.1) is 12.8 Å². The first kappa shape index (κ1) is 14.3. The SMILES string of the molecule is CCC(CC)CNc1ncc(CNC2CC2)c(C)n1. The van der Waals surface area contributed by atoms with Crippen molar-refractivity contribution in [3.8, 4) is 0 Å². The zero-order valence-corrected chi connectivity index (χ0v) is 12.4. The first-order chi connectivity index (χ1) is 9.22. The second-order valence-electron chi connectivity index (χ2n) is 5.52. The highest BCUT2D eigenvalue weighted by molar-refractivity contribution is 5.29. The van der Waals surface area contributed by atoms with Crippen LogP contribution >= 0.6 is 0 Å². The van der Waals surface area contributed by atoms with E-state index in [9.17, 15) is 0 Å². The van der Waals surface area contributed by atoms with Crippen molar-refractivity contribution in [1.29, 1.82) is 0 Å². The summed E-state index contributed by atoms with van der Waals surface area (Å²) in [5.41, 5.74) is 2.29. The molecule has 0 bridgehead atoms. The highest BCUT2D eigenvalue weighted by Gasteiger charge is 2.20. The third-order valence-electron chi connectivity index (χ3n) is 3.94. The van der Waals surface area contributed by atoms with Crippen LogP contribution in [0.25, 0.3) is 0 Å². The van der Waals surface area contributed by atoms with Gasteiger partial charge in [0.05, 0.1) is 0 Å². The fraction of sp³-hybridized carbons (Fsp3) is 0.733. The molecule has 4 nitrogen and oxygen atoms in total. The Morgan fingerprint density at radius 3 is 2.63 bits per heavy atom. The third-order valence-corrected chi connectivity index (χ3v) is 3.94. The molecule has 1 aromatic heterocycles. The van der Waals surface area contributed by atoms with Gasteiger partial charge < -0.3 is 10.6 Å². The van der Waals surface area contributed by atoms with Crippen molar-refractivity contribution in [2.24, 2.45) is 5.92 Å². The number of nitrogens with one attached hydrogen (secondary N) is 2. The summed E-state index contributed by atoms with van der Waals surface area (Å²) >= 11 is 0. The second kappa shape index (κ2) is 6.85. The molecule has 0 radical (unpaired) electrons. The zero-order chi connectivity index (χ0) is 13.7. The standard InChI is InChI=1S/C15H26N4/c1-4-12(5-2)8-17-15-18-10-13(11(3)19-15)9-16-14-6-7-14/h10,12,14,16H,4-9H2,1-3H3,(H,17,18,19). The average Bonchev–Trinajstić information content (AvgIpc) is 3.23. The molecule has 0 saturated heterocycles. The maximum Gasteiger partial charge on any atom is 0.222 e. The van der Waals surface area contributed by atoms with Crippen molar-refractivity contribution < 1.29 is 0 Å². The molecule has 1 fully saturated rings. The van der Waals surface area contributed by atoms with E-state index in [0.29, 0.717) is 5.92 Å². The summed E-state index contributed by atoms with van der Waals surface area (Å²) in [6.07, 6.45) is 6.98. The topological polar surface area (TPSA) is 49.8 Å². The molecule has 0 unspecified atom stereocenters. The maximum atomic E-state index is 4.55. The van der Waals surface area contributed by atoms with E-state index in [1.54, 1.807) is 0 Å². The molecule has 1 aliphatic rings. The molecule has 0 aromatic carbocycles. The summed E-state index contributed by atoms with van der Waals surface area (Å²) in [5, 5.41) is 6.85. The molecule has 1 aromatic rings.